The molecule has 1 aromatic rings. The number of hydrogen-bond donors (Lipinski definition) is 1. The van der Waals surface area contributed by atoms with Gasteiger partial charge in [0.2, 0.25) is 5.91 Å². The standard InChI is InChI=1S/C18H21NO3/c1-19-16-13-14(5-6-15(16)3-2-4-17(19)20)7-8-18(21)9-11-22-12-10-18/h5-6,13,21H,2-4,9-12H2,1H3. The predicted octanol–water partition coefficient (Wildman–Crippen LogP) is 1.88. The van der Waals surface area contributed by atoms with Crippen LogP contribution in [0, 0.1) is 11.8 Å². The van der Waals surface area contributed by atoms with E-state index in [-0.39, 0.29) is 5.91 Å². The van der Waals surface area contributed by atoms with Crippen LogP contribution in [0.4, 0.5) is 5.69 Å². The quantitative estimate of drug-likeness (QED) is 0.744. The number of fused-ring (bicyclic) bond motifs is 1. The second kappa shape index (κ2) is 6.12. The van der Waals surface area contributed by atoms with Crippen LogP contribution >= 0.6 is 0 Å². The highest BCUT2D eigenvalue weighted by Gasteiger charge is 2.27. The SMILES string of the molecule is CN1C(=O)CCCc2ccc(C#CC3(O)CCOCC3)cc21. The number of rotatable bonds is 0. The predicted molar refractivity (Wildman–Crippen MR) is 84.7 cm³/mol. The maximum absolute atomic E-state index is 12.0. The molecule has 22 heavy (non-hydrogen) atoms. The molecule has 4 heteroatoms. The van der Waals surface area contributed by atoms with Crippen molar-refractivity contribution in [2.45, 2.75) is 37.7 Å². The summed E-state index contributed by atoms with van der Waals surface area (Å²) in [5, 5.41) is 10.4. The van der Waals surface area contributed by atoms with Gasteiger partial charge in [0.05, 0.1) is 13.2 Å². The van der Waals surface area contributed by atoms with Crippen molar-refractivity contribution in [1.29, 1.82) is 0 Å². The van der Waals surface area contributed by atoms with E-state index in [2.05, 4.69) is 11.8 Å². The van der Waals surface area contributed by atoms with E-state index in [1.807, 2.05) is 25.2 Å². The number of aliphatic hydroxyl groups is 1. The Labute approximate surface area is 131 Å². The molecule has 116 valence electrons. The first-order valence-electron chi connectivity index (χ1n) is 7.80. The van der Waals surface area contributed by atoms with Crippen molar-refractivity contribution in [2.24, 2.45) is 0 Å². The lowest BCUT2D eigenvalue weighted by molar-refractivity contribution is -0.118. The number of hydrogen-bond acceptors (Lipinski definition) is 3. The molecule has 0 aromatic heterocycles. The van der Waals surface area contributed by atoms with E-state index < -0.39 is 5.60 Å². The van der Waals surface area contributed by atoms with E-state index in [1.165, 1.54) is 5.56 Å². The minimum atomic E-state index is -0.952. The first kappa shape index (κ1) is 15.1. The Hall–Kier alpha value is -1.83. The average Bonchev–Trinajstić information content (AvgIpc) is 2.66. The third kappa shape index (κ3) is 3.16. The third-order valence-electron chi connectivity index (χ3n) is 4.42. The molecule has 1 fully saturated rings. The minimum absolute atomic E-state index is 0.145. The lowest BCUT2D eigenvalue weighted by atomic mass is 9.94. The summed E-state index contributed by atoms with van der Waals surface area (Å²) in [5.41, 5.74) is 2.00. The summed E-state index contributed by atoms with van der Waals surface area (Å²) in [5.74, 6) is 6.20. The first-order chi connectivity index (χ1) is 10.6. The molecule has 4 nitrogen and oxygen atoms in total. The Morgan fingerprint density at radius 3 is 2.82 bits per heavy atom. The zero-order valence-electron chi connectivity index (χ0n) is 12.9. The monoisotopic (exact) mass is 299 g/mol. The van der Waals surface area contributed by atoms with E-state index in [4.69, 9.17) is 4.74 Å². The highest BCUT2D eigenvalue weighted by molar-refractivity contribution is 5.94. The summed E-state index contributed by atoms with van der Waals surface area (Å²) in [6, 6.07) is 5.97. The Kier molecular flexibility index (Phi) is 4.19. The van der Waals surface area contributed by atoms with E-state index in [1.54, 1.807) is 4.90 Å². The van der Waals surface area contributed by atoms with Crippen LogP contribution in [-0.2, 0) is 16.0 Å². The minimum Gasteiger partial charge on any atom is -0.381 e. The zero-order valence-corrected chi connectivity index (χ0v) is 12.9. The Morgan fingerprint density at radius 2 is 2.05 bits per heavy atom. The molecule has 2 aliphatic heterocycles. The fraction of sp³-hybridized carbons (Fsp3) is 0.500. The summed E-state index contributed by atoms with van der Waals surface area (Å²) in [7, 11) is 1.82. The van der Waals surface area contributed by atoms with Crippen LogP contribution < -0.4 is 4.90 Å². The second-order valence-electron chi connectivity index (χ2n) is 6.04. The zero-order chi connectivity index (χ0) is 15.6. The van der Waals surface area contributed by atoms with Gasteiger partial charge in [0, 0.05) is 37.6 Å². The molecule has 0 atom stereocenters. The largest absolute Gasteiger partial charge is 0.381 e. The van der Waals surface area contributed by atoms with Gasteiger partial charge in [-0.3, -0.25) is 4.79 Å². The van der Waals surface area contributed by atoms with Gasteiger partial charge in [-0.15, -0.1) is 0 Å². The highest BCUT2D eigenvalue weighted by Crippen LogP contribution is 2.27. The maximum Gasteiger partial charge on any atom is 0.226 e. The number of anilines is 1. The van der Waals surface area contributed by atoms with Crippen LogP contribution in [0.2, 0.25) is 0 Å². The fourth-order valence-corrected chi connectivity index (χ4v) is 2.92. The van der Waals surface area contributed by atoms with Crippen molar-refractivity contribution in [3.8, 4) is 11.8 Å². The summed E-state index contributed by atoms with van der Waals surface area (Å²) < 4.78 is 5.26. The number of aryl methyl sites for hydroxylation is 1. The number of carbonyl (C=O) groups is 1. The Balaban J connectivity index is 1.87. The average molecular weight is 299 g/mol. The normalized spacial score (nSPS) is 20.6. The topological polar surface area (TPSA) is 49.8 Å². The van der Waals surface area contributed by atoms with Crippen molar-refractivity contribution in [3.05, 3.63) is 29.3 Å². The van der Waals surface area contributed by atoms with Gasteiger partial charge in [-0.2, -0.15) is 0 Å². The van der Waals surface area contributed by atoms with E-state index >= 15 is 0 Å². The molecule has 1 N–H and O–H groups in total. The second-order valence-corrected chi connectivity index (χ2v) is 6.04. The van der Waals surface area contributed by atoms with E-state index in [0.29, 0.717) is 32.5 Å². The van der Waals surface area contributed by atoms with Crippen LogP contribution in [0.1, 0.15) is 36.8 Å². The van der Waals surface area contributed by atoms with Crippen molar-refractivity contribution in [2.75, 3.05) is 25.2 Å². The molecule has 1 saturated heterocycles. The van der Waals surface area contributed by atoms with Gasteiger partial charge < -0.3 is 14.7 Å². The molecule has 0 bridgehead atoms. The summed E-state index contributed by atoms with van der Waals surface area (Å²) in [4.78, 5) is 13.7. The maximum atomic E-state index is 12.0. The molecule has 0 aliphatic carbocycles. The highest BCUT2D eigenvalue weighted by atomic mass is 16.5. The molecular weight excluding hydrogens is 278 g/mol. The van der Waals surface area contributed by atoms with Crippen LogP contribution in [0.3, 0.4) is 0 Å². The molecule has 3 rings (SSSR count). The van der Waals surface area contributed by atoms with Crippen molar-refractivity contribution in [1.82, 2.24) is 0 Å². The smallest absolute Gasteiger partial charge is 0.226 e. The third-order valence-corrected chi connectivity index (χ3v) is 4.42. The number of nitrogens with zero attached hydrogens (tertiary/aromatic N) is 1. The lowest BCUT2D eigenvalue weighted by Crippen LogP contribution is -2.34. The molecule has 0 unspecified atom stereocenters. The van der Waals surface area contributed by atoms with Gasteiger partial charge in [0.15, 0.2) is 0 Å². The van der Waals surface area contributed by atoms with Crippen LogP contribution in [0.25, 0.3) is 0 Å². The number of amides is 1. The molecular formula is C18H21NO3. The van der Waals surface area contributed by atoms with Crippen molar-refractivity contribution >= 4 is 11.6 Å². The Morgan fingerprint density at radius 1 is 1.27 bits per heavy atom. The molecule has 1 amide bonds. The van der Waals surface area contributed by atoms with Gasteiger partial charge in [-0.1, -0.05) is 17.9 Å². The lowest BCUT2D eigenvalue weighted by Gasteiger charge is -2.26. The molecule has 0 spiro atoms. The van der Waals surface area contributed by atoms with E-state index in [0.717, 1.165) is 24.1 Å². The molecule has 0 radical (unpaired) electrons. The molecule has 2 aliphatic rings. The van der Waals surface area contributed by atoms with Crippen molar-refractivity contribution in [3.63, 3.8) is 0 Å². The van der Waals surface area contributed by atoms with Crippen molar-refractivity contribution < 1.29 is 14.6 Å². The molecule has 1 aromatic carbocycles. The molecule has 2 heterocycles. The fourth-order valence-electron chi connectivity index (χ4n) is 2.92. The Bertz CT molecular complexity index is 635. The number of benzene rings is 1. The summed E-state index contributed by atoms with van der Waals surface area (Å²) in [6.45, 7) is 1.10. The van der Waals surface area contributed by atoms with E-state index in [9.17, 15) is 9.90 Å². The number of ether oxygens (including phenoxy) is 1. The van der Waals surface area contributed by atoms with Gasteiger partial charge in [-0.25, -0.2) is 0 Å². The van der Waals surface area contributed by atoms with Gasteiger partial charge in [-0.05, 0) is 30.5 Å². The summed E-state index contributed by atoms with van der Waals surface area (Å²) >= 11 is 0. The van der Waals surface area contributed by atoms with Crippen LogP contribution in [-0.4, -0.2) is 36.9 Å². The van der Waals surface area contributed by atoms with Gasteiger partial charge in [0.25, 0.3) is 0 Å². The van der Waals surface area contributed by atoms with Crippen LogP contribution in [0.5, 0.6) is 0 Å². The first-order valence-corrected chi connectivity index (χ1v) is 7.80. The summed E-state index contributed by atoms with van der Waals surface area (Å²) in [6.07, 6.45) is 3.49. The van der Waals surface area contributed by atoms with Crippen LogP contribution in [0.15, 0.2) is 18.2 Å². The number of carbonyl (C=O) groups excluding carboxylic acids is 1. The van der Waals surface area contributed by atoms with Gasteiger partial charge in [0.1, 0.15) is 5.60 Å². The molecule has 0 saturated carbocycles. The van der Waals surface area contributed by atoms with Gasteiger partial charge >= 0.3 is 0 Å².